The van der Waals surface area contributed by atoms with Crippen LogP contribution in [-0.2, 0) is 13.1 Å². The first-order valence-corrected chi connectivity index (χ1v) is 9.25. The Bertz CT molecular complexity index is 1090. The molecule has 1 aliphatic carbocycles. The van der Waals surface area contributed by atoms with Gasteiger partial charge in [0.05, 0.1) is 0 Å². The number of thiophene rings is 1. The van der Waals surface area contributed by atoms with Crippen LogP contribution in [0.1, 0.15) is 18.7 Å². The van der Waals surface area contributed by atoms with E-state index in [4.69, 9.17) is 4.52 Å². The van der Waals surface area contributed by atoms with Gasteiger partial charge in [0.15, 0.2) is 0 Å². The number of aromatic nitrogens is 4. The summed E-state index contributed by atoms with van der Waals surface area (Å²) in [5.41, 5.74) is 1.67. The second kappa shape index (κ2) is 5.70. The second-order valence-corrected chi connectivity index (χ2v) is 7.27. The van der Waals surface area contributed by atoms with E-state index < -0.39 is 0 Å². The van der Waals surface area contributed by atoms with Gasteiger partial charge in [-0.1, -0.05) is 5.16 Å². The lowest BCUT2D eigenvalue weighted by molar-refractivity contribution is 0.370. The molecule has 4 aromatic heterocycles. The van der Waals surface area contributed by atoms with E-state index in [1.165, 1.54) is 12.8 Å². The standard InChI is InChI=1S/C18H16N4O2S/c23-18-16-13(3-6-21(16)9-12-1-2-12)4-7-22(18)10-15-19-17(20-24-15)14-5-8-25-11-14/h3-8,11-12H,1-2,9-10H2. The van der Waals surface area contributed by atoms with E-state index in [0.717, 1.165) is 23.0 Å². The number of fused-ring (bicyclic) bond motifs is 1. The summed E-state index contributed by atoms with van der Waals surface area (Å²) in [6.07, 6.45) is 6.32. The average molecular weight is 352 g/mol. The van der Waals surface area contributed by atoms with Crippen LogP contribution in [0.25, 0.3) is 22.3 Å². The van der Waals surface area contributed by atoms with Crippen molar-refractivity contribution in [2.75, 3.05) is 0 Å². The van der Waals surface area contributed by atoms with Crippen LogP contribution in [0.15, 0.2) is 50.7 Å². The minimum Gasteiger partial charge on any atom is -0.343 e. The Labute approximate surface area is 147 Å². The van der Waals surface area contributed by atoms with E-state index in [-0.39, 0.29) is 12.1 Å². The van der Waals surface area contributed by atoms with Crippen molar-refractivity contribution in [3.63, 3.8) is 0 Å². The Morgan fingerprint density at radius 2 is 2.04 bits per heavy atom. The van der Waals surface area contributed by atoms with Crippen LogP contribution >= 0.6 is 11.3 Å². The predicted molar refractivity (Wildman–Crippen MR) is 95.6 cm³/mol. The van der Waals surface area contributed by atoms with Gasteiger partial charge in [-0.25, -0.2) is 0 Å². The highest BCUT2D eigenvalue weighted by Gasteiger charge is 2.23. The van der Waals surface area contributed by atoms with Crippen LogP contribution < -0.4 is 5.56 Å². The molecule has 0 spiro atoms. The fourth-order valence-corrected chi connectivity index (χ4v) is 3.71. The highest BCUT2D eigenvalue weighted by Crippen LogP contribution is 2.31. The normalized spacial score (nSPS) is 14.4. The number of hydrogen-bond acceptors (Lipinski definition) is 5. The van der Waals surface area contributed by atoms with Crippen molar-refractivity contribution in [3.05, 3.63) is 57.6 Å². The van der Waals surface area contributed by atoms with Crippen molar-refractivity contribution in [1.29, 1.82) is 0 Å². The maximum Gasteiger partial charge on any atom is 0.275 e. The van der Waals surface area contributed by atoms with Crippen molar-refractivity contribution in [2.45, 2.75) is 25.9 Å². The largest absolute Gasteiger partial charge is 0.343 e. The van der Waals surface area contributed by atoms with Gasteiger partial charge in [-0.2, -0.15) is 16.3 Å². The molecule has 4 aromatic rings. The number of hydrogen-bond donors (Lipinski definition) is 0. The molecule has 0 aliphatic heterocycles. The number of nitrogens with zero attached hydrogens (tertiary/aromatic N) is 4. The van der Waals surface area contributed by atoms with Gasteiger partial charge in [0.2, 0.25) is 11.7 Å². The monoisotopic (exact) mass is 352 g/mol. The molecule has 0 aromatic carbocycles. The maximum atomic E-state index is 12.9. The summed E-state index contributed by atoms with van der Waals surface area (Å²) in [5, 5.41) is 8.92. The molecule has 4 heterocycles. The Kier molecular flexibility index (Phi) is 3.34. The van der Waals surface area contributed by atoms with E-state index in [2.05, 4.69) is 14.7 Å². The zero-order chi connectivity index (χ0) is 16.8. The maximum absolute atomic E-state index is 12.9. The topological polar surface area (TPSA) is 65.8 Å². The fourth-order valence-electron chi connectivity index (χ4n) is 3.07. The van der Waals surface area contributed by atoms with Gasteiger partial charge in [-0.15, -0.1) is 0 Å². The van der Waals surface area contributed by atoms with E-state index in [1.54, 1.807) is 22.1 Å². The molecule has 0 unspecified atom stereocenters. The Morgan fingerprint density at radius 3 is 2.80 bits per heavy atom. The molecule has 5 rings (SSSR count). The molecule has 1 fully saturated rings. The SMILES string of the molecule is O=c1c2c(ccn1Cc1nc(-c3ccsc3)no1)ccn2CC1CC1. The number of rotatable bonds is 5. The van der Waals surface area contributed by atoms with Gasteiger partial charge in [0, 0.05) is 35.3 Å². The molecule has 0 amide bonds. The molecule has 7 heteroatoms. The molecule has 0 atom stereocenters. The molecule has 1 saturated carbocycles. The summed E-state index contributed by atoms with van der Waals surface area (Å²) in [4.78, 5) is 17.3. The summed E-state index contributed by atoms with van der Waals surface area (Å²) in [6.45, 7) is 1.20. The molecular formula is C18H16N4O2S. The first-order chi connectivity index (χ1) is 12.3. The van der Waals surface area contributed by atoms with Crippen molar-refractivity contribution in [1.82, 2.24) is 19.3 Å². The molecule has 0 radical (unpaired) electrons. The third kappa shape index (κ3) is 2.70. The van der Waals surface area contributed by atoms with Crippen LogP contribution in [0.5, 0.6) is 0 Å². The van der Waals surface area contributed by atoms with E-state index in [0.29, 0.717) is 17.6 Å². The highest BCUT2D eigenvalue weighted by atomic mass is 32.1. The van der Waals surface area contributed by atoms with Gasteiger partial charge in [-0.3, -0.25) is 4.79 Å². The van der Waals surface area contributed by atoms with Gasteiger partial charge in [0.1, 0.15) is 12.1 Å². The fraction of sp³-hybridized carbons (Fsp3) is 0.278. The quantitative estimate of drug-likeness (QED) is 0.552. The summed E-state index contributed by atoms with van der Waals surface area (Å²) < 4.78 is 9.04. The average Bonchev–Trinajstić information content (AvgIpc) is 3.04. The highest BCUT2D eigenvalue weighted by molar-refractivity contribution is 7.08. The van der Waals surface area contributed by atoms with Crippen LogP contribution in [0.3, 0.4) is 0 Å². The third-order valence-electron chi connectivity index (χ3n) is 4.60. The Balaban J connectivity index is 1.48. The molecule has 0 saturated heterocycles. The first kappa shape index (κ1) is 14.7. The van der Waals surface area contributed by atoms with E-state index in [9.17, 15) is 4.79 Å². The van der Waals surface area contributed by atoms with E-state index >= 15 is 0 Å². The van der Waals surface area contributed by atoms with Crippen LogP contribution in [0.2, 0.25) is 0 Å². The van der Waals surface area contributed by atoms with Crippen molar-refractivity contribution in [2.24, 2.45) is 5.92 Å². The summed E-state index contributed by atoms with van der Waals surface area (Å²) >= 11 is 1.58. The number of pyridine rings is 1. The van der Waals surface area contributed by atoms with Gasteiger partial charge >= 0.3 is 0 Å². The first-order valence-electron chi connectivity index (χ1n) is 8.31. The summed E-state index contributed by atoms with van der Waals surface area (Å²) in [7, 11) is 0. The molecule has 0 N–H and O–H groups in total. The minimum atomic E-state index is -0.0153. The van der Waals surface area contributed by atoms with Crippen molar-refractivity contribution in [3.8, 4) is 11.4 Å². The predicted octanol–water partition coefficient (Wildman–Crippen LogP) is 3.37. The lowest BCUT2D eigenvalue weighted by Crippen LogP contribution is -2.22. The van der Waals surface area contributed by atoms with Crippen LogP contribution in [0, 0.1) is 5.92 Å². The molecule has 6 nitrogen and oxygen atoms in total. The smallest absolute Gasteiger partial charge is 0.275 e. The van der Waals surface area contributed by atoms with Gasteiger partial charge in [0.25, 0.3) is 5.56 Å². The van der Waals surface area contributed by atoms with Crippen molar-refractivity contribution < 1.29 is 4.52 Å². The van der Waals surface area contributed by atoms with Gasteiger partial charge < -0.3 is 13.7 Å². The molecule has 25 heavy (non-hydrogen) atoms. The Morgan fingerprint density at radius 1 is 1.20 bits per heavy atom. The van der Waals surface area contributed by atoms with E-state index in [1.807, 2.05) is 35.2 Å². The lowest BCUT2D eigenvalue weighted by atomic mass is 10.3. The molecule has 0 bridgehead atoms. The molecule has 1 aliphatic rings. The summed E-state index contributed by atoms with van der Waals surface area (Å²) in [5.74, 6) is 1.71. The minimum absolute atomic E-state index is 0.0153. The zero-order valence-corrected chi connectivity index (χ0v) is 14.3. The zero-order valence-electron chi connectivity index (χ0n) is 13.5. The van der Waals surface area contributed by atoms with Crippen molar-refractivity contribution >= 4 is 22.2 Å². The molecular weight excluding hydrogens is 336 g/mol. The van der Waals surface area contributed by atoms with Gasteiger partial charge in [-0.05, 0) is 42.3 Å². The second-order valence-electron chi connectivity index (χ2n) is 6.49. The van der Waals surface area contributed by atoms with Crippen LogP contribution in [-0.4, -0.2) is 19.3 Å². The lowest BCUT2D eigenvalue weighted by Gasteiger charge is -2.06. The van der Waals surface area contributed by atoms with Crippen LogP contribution in [0.4, 0.5) is 0 Å². The third-order valence-corrected chi connectivity index (χ3v) is 5.28. The summed E-state index contributed by atoms with van der Waals surface area (Å²) in [6, 6.07) is 5.92. The molecule has 126 valence electrons. The Hall–Kier alpha value is -2.67.